The summed E-state index contributed by atoms with van der Waals surface area (Å²) < 4.78 is 37.5. The van der Waals surface area contributed by atoms with E-state index in [1.165, 1.54) is 12.1 Å². The third kappa shape index (κ3) is 4.95. The molecule has 1 heterocycles. The van der Waals surface area contributed by atoms with E-state index in [0.717, 1.165) is 12.1 Å². The Kier molecular flexibility index (Phi) is 5.59. The van der Waals surface area contributed by atoms with Crippen molar-refractivity contribution in [3.05, 3.63) is 29.8 Å². The van der Waals surface area contributed by atoms with Gasteiger partial charge in [0.05, 0.1) is 5.56 Å². The lowest BCUT2D eigenvalue weighted by atomic mass is 10.1. The van der Waals surface area contributed by atoms with Crippen LogP contribution in [0.3, 0.4) is 0 Å². The number of alkyl halides is 3. The summed E-state index contributed by atoms with van der Waals surface area (Å²) in [6.45, 7) is 1.53. The Morgan fingerprint density at radius 3 is 2.65 bits per heavy atom. The molecule has 2 rings (SSSR count). The van der Waals surface area contributed by atoms with Crippen LogP contribution in [0.5, 0.6) is 0 Å². The minimum absolute atomic E-state index is 0.0172. The van der Waals surface area contributed by atoms with Crippen LogP contribution in [0, 0.1) is 0 Å². The molecule has 8 heteroatoms. The van der Waals surface area contributed by atoms with E-state index in [9.17, 15) is 22.8 Å². The van der Waals surface area contributed by atoms with Gasteiger partial charge in [0.25, 0.3) is 0 Å². The molecule has 1 aliphatic rings. The second-order valence-electron chi connectivity index (χ2n) is 5.29. The largest absolute Gasteiger partial charge is 0.416 e. The standard InChI is InChI=1S/C15H17F3N3O2/c16-15(17,18)11-3-5-12(6-4-11)20-14(23)21-8-7-19-13(10-21)2-1-9-22/h3-6,13,19H,1-2,7-8,10H2,(H,20,23). The third-order valence-electron chi connectivity index (χ3n) is 3.60. The molecule has 0 aromatic heterocycles. The molecule has 0 spiro atoms. The topological polar surface area (TPSA) is 61.4 Å². The summed E-state index contributed by atoms with van der Waals surface area (Å²) in [5, 5.41) is 5.78. The maximum atomic E-state index is 12.5. The van der Waals surface area contributed by atoms with Crippen molar-refractivity contribution in [2.75, 3.05) is 25.0 Å². The van der Waals surface area contributed by atoms with Gasteiger partial charge in [0.1, 0.15) is 0 Å². The predicted octanol–water partition coefficient (Wildman–Crippen LogP) is 2.40. The Hall–Kier alpha value is -2.09. The summed E-state index contributed by atoms with van der Waals surface area (Å²) in [4.78, 5) is 24.0. The zero-order chi connectivity index (χ0) is 16.9. The summed E-state index contributed by atoms with van der Waals surface area (Å²) in [7, 11) is 0. The number of nitrogens with one attached hydrogen (secondary N) is 2. The quantitative estimate of drug-likeness (QED) is 0.892. The van der Waals surface area contributed by atoms with Crippen molar-refractivity contribution in [1.29, 1.82) is 0 Å². The van der Waals surface area contributed by atoms with Crippen molar-refractivity contribution in [2.45, 2.75) is 25.1 Å². The zero-order valence-electron chi connectivity index (χ0n) is 12.3. The number of urea groups is 1. The molecule has 1 aromatic carbocycles. The van der Waals surface area contributed by atoms with Crippen LogP contribution >= 0.6 is 0 Å². The number of hydrogen-bond donors (Lipinski definition) is 2. The van der Waals surface area contributed by atoms with Crippen molar-refractivity contribution in [3.63, 3.8) is 0 Å². The molecule has 2 amide bonds. The first-order valence-electron chi connectivity index (χ1n) is 7.21. The average Bonchev–Trinajstić information content (AvgIpc) is 2.53. The molecule has 1 fully saturated rings. The van der Waals surface area contributed by atoms with Crippen LogP contribution in [0.25, 0.3) is 0 Å². The Balaban J connectivity index is 1.92. The maximum absolute atomic E-state index is 12.5. The number of piperazine rings is 1. The normalized spacial score (nSPS) is 18.6. The van der Waals surface area contributed by atoms with Crippen LogP contribution < -0.4 is 10.6 Å². The van der Waals surface area contributed by atoms with Crippen molar-refractivity contribution < 1.29 is 22.8 Å². The molecule has 1 atom stereocenters. The van der Waals surface area contributed by atoms with Crippen LogP contribution in [-0.2, 0) is 11.0 Å². The van der Waals surface area contributed by atoms with E-state index in [4.69, 9.17) is 0 Å². The summed E-state index contributed by atoms with van der Waals surface area (Å²) in [6, 6.07) is 3.95. The molecule has 5 nitrogen and oxygen atoms in total. The SMILES string of the molecule is O=[C]CCC1CN(C(=O)Nc2ccc(C(F)(F)F)cc2)CCN1. The summed E-state index contributed by atoms with van der Waals surface area (Å²) >= 11 is 0. The van der Waals surface area contributed by atoms with Gasteiger partial charge in [-0.05, 0) is 30.7 Å². The molecule has 1 unspecified atom stereocenters. The summed E-state index contributed by atoms with van der Waals surface area (Å²) in [5.41, 5.74) is -0.456. The van der Waals surface area contributed by atoms with Gasteiger partial charge in [0.2, 0.25) is 0 Å². The number of nitrogens with zero attached hydrogens (tertiary/aromatic N) is 1. The first-order valence-corrected chi connectivity index (χ1v) is 7.21. The van der Waals surface area contributed by atoms with Gasteiger partial charge >= 0.3 is 12.2 Å². The number of amides is 2. The van der Waals surface area contributed by atoms with E-state index < -0.39 is 11.7 Å². The number of rotatable bonds is 4. The van der Waals surface area contributed by atoms with E-state index in [0.29, 0.717) is 38.2 Å². The highest BCUT2D eigenvalue weighted by atomic mass is 19.4. The molecule has 2 N–H and O–H groups in total. The third-order valence-corrected chi connectivity index (χ3v) is 3.60. The first kappa shape index (κ1) is 17.3. The molecule has 0 bridgehead atoms. The van der Waals surface area contributed by atoms with Crippen LogP contribution in [0.4, 0.5) is 23.7 Å². The lowest BCUT2D eigenvalue weighted by Gasteiger charge is -2.33. The van der Waals surface area contributed by atoms with E-state index in [-0.39, 0.29) is 12.1 Å². The minimum Gasteiger partial charge on any atom is -0.322 e. The molecular formula is C15H17F3N3O2. The van der Waals surface area contributed by atoms with Crippen LogP contribution in [-0.4, -0.2) is 42.9 Å². The predicted molar refractivity (Wildman–Crippen MR) is 78.8 cm³/mol. The van der Waals surface area contributed by atoms with Crippen molar-refractivity contribution in [2.24, 2.45) is 0 Å². The van der Waals surface area contributed by atoms with Gasteiger partial charge in [-0.15, -0.1) is 0 Å². The second-order valence-corrected chi connectivity index (χ2v) is 5.29. The second kappa shape index (κ2) is 7.45. The molecule has 0 saturated carbocycles. The Bertz CT molecular complexity index is 546. The summed E-state index contributed by atoms with van der Waals surface area (Å²) in [6.07, 6.45) is -1.70. The Labute approximate surface area is 131 Å². The van der Waals surface area contributed by atoms with E-state index in [2.05, 4.69) is 10.6 Å². The number of halogens is 3. The molecule has 1 aliphatic heterocycles. The number of carbonyl (C=O) groups excluding carboxylic acids is 2. The van der Waals surface area contributed by atoms with Gasteiger partial charge in [0.15, 0.2) is 6.29 Å². The fourth-order valence-corrected chi connectivity index (χ4v) is 2.38. The fourth-order valence-electron chi connectivity index (χ4n) is 2.38. The molecule has 0 aliphatic carbocycles. The first-order chi connectivity index (χ1) is 10.9. The number of benzene rings is 1. The highest BCUT2D eigenvalue weighted by Crippen LogP contribution is 2.29. The highest BCUT2D eigenvalue weighted by Gasteiger charge is 2.30. The highest BCUT2D eigenvalue weighted by molar-refractivity contribution is 5.89. The maximum Gasteiger partial charge on any atom is 0.416 e. The number of hydrogen-bond acceptors (Lipinski definition) is 3. The van der Waals surface area contributed by atoms with Gasteiger partial charge < -0.3 is 15.5 Å². The van der Waals surface area contributed by atoms with E-state index in [1.807, 2.05) is 6.29 Å². The van der Waals surface area contributed by atoms with Crippen molar-refractivity contribution >= 4 is 18.0 Å². The van der Waals surface area contributed by atoms with Crippen molar-refractivity contribution in [1.82, 2.24) is 10.2 Å². The molecule has 23 heavy (non-hydrogen) atoms. The van der Waals surface area contributed by atoms with Gasteiger partial charge in [-0.2, -0.15) is 13.2 Å². The Morgan fingerprint density at radius 2 is 2.04 bits per heavy atom. The monoisotopic (exact) mass is 328 g/mol. The smallest absolute Gasteiger partial charge is 0.322 e. The molecule has 1 aromatic rings. The van der Waals surface area contributed by atoms with Gasteiger partial charge in [0, 0.05) is 37.8 Å². The number of anilines is 1. The zero-order valence-corrected chi connectivity index (χ0v) is 12.3. The molecule has 1 saturated heterocycles. The van der Waals surface area contributed by atoms with Gasteiger partial charge in [-0.3, -0.25) is 4.79 Å². The summed E-state index contributed by atoms with van der Waals surface area (Å²) in [5.74, 6) is 0. The lowest BCUT2D eigenvalue weighted by molar-refractivity contribution is -0.137. The van der Waals surface area contributed by atoms with Crippen LogP contribution in [0.2, 0.25) is 0 Å². The molecule has 1 radical (unpaired) electrons. The molecular weight excluding hydrogens is 311 g/mol. The molecule has 125 valence electrons. The van der Waals surface area contributed by atoms with E-state index >= 15 is 0 Å². The van der Waals surface area contributed by atoms with E-state index in [1.54, 1.807) is 4.90 Å². The van der Waals surface area contributed by atoms with Crippen molar-refractivity contribution in [3.8, 4) is 0 Å². The Morgan fingerprint density at radius 1 is 1.35 bits per heavy atom. The fraction of sp³-hybridized carbons (Fsp3) is 0.467. The number of carbonyl (C=O) groups is 1. The average molecular weight is 328 g/mol. The van der Waals surface area contributed by atoms with Gasteiger partial charge in [-0.25, -0.2) is 4.79 Å². The van der Waals surface area contributed by atoms with Crippen LogP contribution in [0.15, 0.2) is 24.3 Å². The van der Waals surface area contributed by atoms with Crippen LogP contribution in [0.1, 0.15) is 18.4 Å². The lowest BCUT2D eigenvalue weighted by Crippen LogP contribution is -2.53. The minimum atomic E-state index is -4.40. The van der Waals surface area contributed by atoms with Gasteiger partial charge in [-0.1, -0.05) is 0 Å².